The van der Waals surface area contributed by atoms with Crippen molar-refractivity contribution in [2.75, 3.05) is 11.1 Å². The van der Waals surface area contributed by atoms with Gasteiger partial charge in [0, 0.05) is 11.4 Å². The standard InChI is InChI=1S/C18H16F3N3OS/c1-10-4-11(2)6-13(5-10)24-16(25)9-26-17-14(8-22)15(18(19,20)21)7-12(3)23-17/h4-7H,9H2,1-3H3,(H,24,25). The molecular formula is C18H16F3N3OS. The van der Waals surface area contributed by atoms with E-state index in [1.807, 2.05) is 19.9 Å². The molecule has 0 unspecified atom stereocenters. The third-order valence-corrected chi connectivity index (χ3v) is 4.35. The van der Waals surface area contributed by atoms with Crippen molar-refractivity contribution in [3.05, 3.63) is 52.2 Å². The lowest BCUT2D eigenvalue weighted by Gasteiger charge is -2.13. The highest BCUT2D eigenvalue weighted by molar-refractivity contribution is 8.00. The number of nitrogens with one attached hydrogen (secondary N) is 1. The van der Waals surface area contributed by atoms with Crippen molar-refractivity contribution in [3.63, 3.8) is 0 Å². The van der Waals surface area contributed by atoms with Crippen LogP contribution in [0.4, 0.5) is 18.9 Å². The molecule has 2 rings (SSSR count). The largest absolute Gasteiger partial charge is 0.417 e. The van der Waals surface area contributed by atoms with Crippen molar-refractivity contribution < 1.29 is 18.0 Å². The first-order valence-electron chi connectivity index (χ1n) is 7.60. The normalized spacial score (nSPS) is 11.1. The van der Waals surface area contributed by atoms with Crippen LogP contribution in [0.2, 0.25) is 0 Å². The van der Waals surface area contributed by atoms with Gasteiger partial charge in [-0.2, -0.15) is 18.4 Å². The monoisotopic (exact) mass is 379 g/mol. The minimum atomic E-state index is -4.66. The summed E-state index contributed by atoms with van der Waals surface area (Å²) in [6, 6.07) is 7.93. The van der Waals surface area contributed by atoms with Crippen LogP contribution in [0.3, 0.4) is 0 Å². The Labute approximate surface area is 153 Å². The fraction of sp³-hybridized carbons (Fsp3) is 0.278. The molecule has 0 bridgehead atoms. The molecule has 1 N–H and O–H groups in total. The number of benzene rings is 1. The van der Waals surface area contributed by atoms with E-state index in [4.69, 9.17) is 5.26 Å². The fourth-order valence-electron chi connectivity index (χ4n) is 2.46. The van der Waals surface area contributed by atoms with Crippen molar-refractivity contribution in [2.45, 2.75) is 32.0 Å². The highest BCUT2D eigenvalue weighted by Gasteiger charge is 2.35. The third-order valence-electron chi connectivity index (χ3n) is 3.38. The average molecular weight is 379 g/mol. The second kappa shape index (κ2) is 7.79. The molecule has 0 aliphatic heterocycles. The number of alkyl halides is 3. The van der Waals surface area contributed by atoms with Gasteiger partial charge in [0.05, 0.1) is 16.9 Å². The molecule has 2 aromatic rings. The average Bonchev–Trinajstić information content (AvgIpc) is 2.50. The summed E-state index contributed by atoms with van der Waals surface area (Å²) in [5.74, 6) is -0.546. The number of amides is 1. The van der Waals surface area contributed by atoms with Gasteiger partial charge in [-0.15, -0.1) is 0 Å². The molecule has 0 saturated carbocycles. The zero-order chi connectivity index (χ0) is 19.5. The summed E-state index contributed by atoms with van der Waals surface area (Å²) in [7, 11) is 0. The summed E-state index contributed by atoms with van der Waals surface area (Å²) >= 11 is 0.806. The first-order valence-corrected chi connectivity index (χ1v) is 8.58. The van der Waals surface area contributed by atoms with E-state index in [9.17, 15) is 18.0 Å². The lowest BCUT2D eigenvalue weighted by atomic mass is 10.1. The molecule has 0 aliphatic rings. The summed E-state index contributed by atoms with van der Waals surface area (Å²) in [4.78, 5) is 16.1. The van der Waals surface area contributed by atoms with Crippen molar-refractivity contribution in [2.24, 2.45) is 0 Å². The molecular weight excluding hydrogens is 363 g/mol. The van der Waals surface area contributed by atoms with Gasteiger partial charge in [-0.05, 0) is 50.1 Å². The Morgan fingerprint density at radius 2 is 1.81 bits per heavy atom. The number of halogens is 3. The molecule has 1 amide bonds. The maximum Gasteiger partial charge on any atom is 0.417 e. The Bertz CT molecular complexity index is 868. The van der Waals surface area contributed by atoms with Crippen LogP contribution in [0.1, 0.15) is 27.9 Å². The second-order valence-electron chi connectivity index (χ2n) is 5.81. The molecule has 26 heavy (non-hydrogen) atoms. The number of carbonyl (C=O) groups excluding carboxylic acids is 1. The summed E-state index contributed by atoms with van der Waals surface area (Å²) in [5.41, 5.74) is 1.11. The van der Waals surface area contributed by atoms with Crippen LogP contribution in [0.15, 0.2) is 29.3 Å². The second-order valence-corrected chi connectivity index (χ2v) is 6.78. The van der Waals surface area contributed by atoms with Crippen LogP contribution in [0, 0.1) is 32.1 Å². The zero-order valence-electron chi connectivity index (χ0n) is 14.4. The molecule has 0 atom stereocenters. The van der Waals surface area contributed by atoms with E-state index in [0.29, 0.717) is 5.69 Å². The highest BCUT2D eigenvalue weighted by atomic mass is 32.2. The number of nitriles is 1. The topological polar surface area (TPSA) is 65.8 Å². The van der Waals surface area contributed by atoms with Gasteiger partial charge >= 0.3 is 6.18 Å². The molecule has 4 nitrogen and oxygen atoms in total. The first kappa shape index (κ1) is 19.8. The number of rotatable bonds is 4. The number of aromatic nitrogens is 1. The van der Waals surface area contributed by atoms with Crippen LogP contribution in [0.5, 0.6) is 0 Å². The molecule has 0 fully saturated rings. The molecule has 0 saturated heterocycles. The van der Waals surface area contributed by atoms with Gasteiger partial charge in [-0.3, -0.25) is 4.79 Å². The van der Waals surface area contributed by atoms with Crippen LogP contribution in [-0.4, -0.2) is 16.6 Å². The molecule has 0 radical (unpaired) electrons. The minimum absolute atomic E-state index is 0.101. The van der Waals surface area contributed by atoms with Gasteiger partial charge in [0.25, 0.3) is 0 Å². The van der Waals surface area contributed by atoms with Gasteiger partial charge in [0.15, 0.2) is 0 Å². The maximum absolute atomic E-state index is 13.1. The molecule has 0 spiro atoms. The first-order chi connectivity index (χ1) is 12.1. The number of thioether (sulfide) groups is 1. The van der Waals surface area contributed by atoms with Crippen LogP contribution < -0.4 is 5.32 Å². The lowest BCUT2D eigenvalue weighted by molar-refractivity contribution is -0.138. The Balaban J connectivity index is 2.17. The van der Waals surface area contributed by atoms with E-state index < -0.39 is 17.3 Å². The molecule has 0 aliphatic carbocycles. The summed E-state index contributed by atoms with van der Waals surface area (Å²) in [5, 5.41) is 11.7. The van der Waals surface area contributed by atoms with Crippen molar-refractivity contribution in [1.82, 2.24) is 4.98 Å². The minimum Gasteiger partial charge on any atom is -0.325 e. The van der Waals surface area contributed by atoms with Crippen LogP contribution in [0.25, 0.3) is 0 Å². The van der Waals surface area contributed by atoms with Gasteiger partial charge in [0.1, 0.15) is 11.1 Å². The SMILES string of the molecule is Cc1cc(C)cc(NC(=O)CSc2nc(C)cc(C(F)(F)F)c2C#N)c1. The van der Waals surface area contributed by atoms with Crippen molar-refractivity contribution in [1.29, 1.82) is 5.26 Å². The predicted molar refractivity (Wildman–Crippen MR) is 94.0 cm³/mol. The smallest absolute Gasteiger partial charge is 0.325 e. The number of hydrogen-bond donors (Lipinski definition) is 1. The van der Waals surface area contributed by atoms with Crippen LogP contribution in [-0.2, 0) is 11.0 Å². The van der Waals surface area contributed by atoms with E-state index in [2.05, 4.69) is 10.3 Å². The maximum atomic E-state index is 13.1. The Morgan fingerprint density at radius 1 is 1.19 bits per heavy atom. The number of nitrogens with zero attached hydrogens (tertiary/aromatic N) is 2. The number of aryl methyl sites for hydroxylation is 3. The number of anilines is 1. The van der Waals surface area contributed by atoms with Gasteiger partial charge in [-0.1, -0.05) is 17.8 Å². The van der Waals surface area contributed by atoms with E-state index in [1.165, 1.54) is 6.92 Å². The highest BCUT2D eigenvalue weighted by Crippen LogP contribution is 2.35. The molecule has 1 heterocycles. The molecule has 1 aromatic carbocycles. The molecule has 8 heteroatoms. The lowest BCUT2D eigenvalue weighted by Crippen LogP contribution is -2.15. The zero-order valence-corrected chi connectivity index (χ0v) is 15.2. The Hall–Kier alpha value is -2.53. The quantitative estimate of drug-likeness (QED) is 0.787. The summed E-state index contributed by atoms with van der Waals surface area (Å²) in [6.45, 7) is 5.20. The third kappa shape index (κ3) is 4.99. The van der Waals surface area contributed by atoms with E-state index in [1.54, 1.807) is 18.2 Å². The summed E-state index contributed by atoms with van der Waals surface area (Å²) < 4.78 is 39.3. The number of carbonyl (C=O) groups is 1. The molecule has 1 aromatic heterocycles. The molecule has 136 valence electrons. The van der Waals surface area contributed by atoms with Crippen LogP contribution >= 0.6 is 11.8 Å². The van der Waals surface area contributed by atoms with E-state index in [-0.39, 0.29) is 22.4 Å². The number of hydrogen-bond acceptors (Lipinski definition) is 4. The van der Waals surface area contributed by atoms with Crippen molar-refractivity contribution >= 4 is 23.4 Å². The predicted octanol–water partition coefficient (Wildman–Crippen LogP) is 4.63. The summed E-state index contributed by atoms with van der Waals surface area (Å²) in [6.07, 6.45) is -4.66. The van der Waals surface area contributed by atoms with E-state index in [0.717, 1.165) is 29.0 Å². The van der Waals surface area contributed by atoms with Gasteiger partial charge in [0.2, 0.25) is 5.91 Å². The fourth-order valence-corrected chi connectivity index (χ4v) is 3.31. The van der Waals surface area contributed by atoms with Gasteiger partial charge in [-0.25, -0.2) is 4.98 Å². The van der Waals surface area contributed by atoms with E-state index >= 15 is 0 Å². The van der Waals surface area contributed by atoms with Gasteiger partial charge < -0.3 is 5.32 Å². The Morgan fingerprint density at radius 3 is 2.35 bits per heavy atom. The number of pyridine rings is 1. The Kier molecular flexibility index (Phi) is 5.93. The van der Waals surface area contributed by atoms with Crippen molar-refractivity contribution in [3.8, 4) is 6.07 Å².